The average Bonchev–Trinajstić information content (AvgIpc) is 2.94. The molecule has 144 valence electrons. The summed E-state index contributed by atoms with van der Waals surface area (Å²) in [5.74, 6) is -0.108. The molecular weight excluding hydrogens is 360 g/mol. The van der Waals surface area contributed by atoms with Crippen LogP contribution in [0.2, 0.25) is 0 Å². The zero-order valence-corrected chi connectivity index (χ0v) is 16.9. The summed E-state index contributed by atoms with van der Waals surface area (Å²) in [7, 11) is 0. The summed E-state index contributed by atoms with van der Waals surface area (Å²) < 4.78 is 0. The zero-order chi connectivity index (χ0) is 19.6. The van der Waals surface area contributed by atoms with Crippen LogP contribution >= 0.6 is 11.8 Å². The van der Waals surface area contributed by atoms with Crippen LogP contribution in [-0.4, -0.2) is 34.8 Å². The molecule has 1 fully saturated rings. The molecule has 1 heterocycles. The predicted octanol–water partition coefficient (Wildman–Crippen LogP) is 3.21. The Bertz CT molecular complexity index is 795. The number of ketones is 1. The molecule has 0 radical (unpaired) electrons. The Morgan fingerprint density at radius 2 is 2.04 bits per heavy atom. The maximum Gasteiger partial charge on any atom is 0.240 e. The van der Waals surface area contributed by atoms with Gasteiger partial charge in [0.2, 0.25) is 11.8 Å². The molecular formula is C21H26N2O3S. The molecule has 2 amide bonds. The fraction of sp³-hybridized carbons (Fsp3) is 0.476. The summed E-state index contributed by atoms with van der Waals surface area (Å²) in [6.07, 6.45) is 4.46. The fourth-order valence-electron chi connectivity index (χ4n) is 3.32. The van der Waals surface area contributed by atoms with Crippen LogP contribution in [0.25, 0.3) is 0 Å². The van der Waals surface area contributed by atoms with E-state index in [0.717, 1.165) is 24.8 Å². The topological polar surface area (TPSA) is 66.5 Å². The highest BCUT2D eigenvalue weighted by Gasteiger charge is 2.31. The molecule has 0 spiro atoms. The zero-order valence-electron chi connectivity index (χ0n) is 16.1. The smallest absolute Gasteiger partial charge is 0.240 e. The number of hydrogen-bond donors (Lipinski definition) is 1. The second-order valence-electron chi connectivity index (χ2n) is 8.08. The Kier molecular flexibility index (Phi) is 5.75. The Morgan fingerprint density at radius 3 is 2.78 bits per heavy atom. The molecule has 1 aromatic rings. The molecule has 27 heavy (non-hydrogen) atoms. The van der Waals surface area contributed by atoms with Crippen molar-refractivity contribution in [1.82, 2.24) is 10.2 Å². The van der Waals surface area contributed by atoms with Gasteiger partial charge in [-0.1, -0.05) is 56.8 Å². The van der Waals surface area contributed by atoms with E-state index in [2.05, 4.69) is 17.4 Å². The van der Waals surface area contributed by atoms with Crippen molar-refractivity contribution in [3.05, 3.63) is 46.5 Å². The van der Waals surface area contributed by atoms with Gasteiger partial charge in [0.1, 0.15) is 6.54 Å². The van der Waals surface area contributed by atoms with Crippen LogP contribution in [0.3, 0.4) is 0 Å². The van der Waals surface area contributed by atoms with Crippen molar-refractivity contribution >= 4 is 29.4 Å². The van der Waals surface area contributed by atoms with E-state index in [1.807, 2.05) is 32.9 Å². The van der Waals surface area contributed by atoms with Crippen molar-refractivity contribution in [1.29, 1.82) is 0 Å². The first kappa shape index (κ1) is 19.7. The number of hydrogen-bond acceptors (Lipinski definition) is 4. The van der Waals surface area contributed by atoms with E-state index in [4.69, 9.17) is 0 Å². The van der Waals surface area contributed by atoms with Crippen LogP contribution in [0, 0.1) is 5.41 Å². The molecule has 1 aromatic carbocycles. The van der Waals surface area contributed by atoms with Gasteiger partial charge >= 0.3 is 0 Å². The van der Waals surface area contributed by atoms with Gasteiger partial charge in [0.05, 0.1) is 16.8 Å². The van der Waals surface area contributed by atoms with Gasteiger partial charge < -0.3 is 5.32 Å². The summed E-state index contributed by atoms with van der Waals surface area (Å²) in [6.45, 7) is 5.47. The average molecular weight is 387 g/mol. The molecule has 6 heteroatoms. The fourth-order valence-corrected chi connectivity index (χ4v) is 4.26. The van der Waals surface area contributed by atoms with Gasteiger partial charge in [0.15, 0.2) is 5.78 Å². The SMILES string of the molecule is CC(C)(C)C(=O)/C=C1\SCC(=O)N1CC(=O)N[C@@H]1CCCc2ccccc21. The molecule has 1 aliphatic carbocycles. The maximum atomic E-state index is 12.6. The standard InChI is InChI=1S/C21H26N2O3S/c1-21(2,3)17(24)11-20-23(19(26)13-27-20)12-18(25)22-16-10-6-8-14-7-4-5-9-15(14)16/h4-5,7,9,11,16H,6,8,10,12-13H2,1-3H3,(H,22,25)/b20-11-/t16-/m1/s1. The van der Waals surface area contributed by atoms with Gasteiger partial charge in [-0.3, -0.25) is 19.3 Å². The molecule has 0 aromatic heterocycles. The summed E-state index contributed by atoms with van der Waals surface area (Å²) in [5, 5.41) is 3.64. The minimum atomic E-state index is -0.515. The maximum absolute atomic E-state index is 12.6. The number of rotatable bonds is 4. The van der Waals surface area contributed by atoms with Crippen molar-refractivity contribution in [2.75, 3.05) is 12.3 Å². The highest BCUT2D eigenvalue weighted by atomic mass is 32.2. The first-order chi connectivity index (χ1) is 12.8. The second-order valence-corrected chi connectivity index (χ2v) is 9.07. The van der Waals surface area contributed by atoms with Gasteiger partial charge in [0.25, 0.3) is 0 Å². The summed E-state index contributed by atoms with van der Waals surface area (Å²) in [6, 6.07) is 8.16. The molecule has 2 aliphatic rings. The first-order valence-electron chi connectivity index (χ1n) is 9.32. The Morgan fingerprint density at radius 1 is 1.30 bits per heavy atom. The molecule has 0 unspecified atom stereocenters. The number of carbonyl (C=O) groups is 3. The van der Waals surface area contributed by atoms with Crippen molar-refractivity contribution in [2.45, 2.75) is 46.1 Å². The minimum Gasteiger partial charge on any atom is -0.348 e. The molecule has 0 bridgehead atoms. The van der Waals surface area contributed by atoms with Gasteiger partial charge in [-0.15, -0.1) is 0 Å². The third-order valence-electron chi connectivity index (χ3n) is 4.91. The highest BCUT2D eigenvalue weighted by Crippen LogP contribution is 2.31. The van der Waals surface area contributed by atoms with E-state index in [-0.39, 0.29) is 35.9 Å². The normalized spacial score (nSPS) is 21.3. The quantitative estimate of drug-likeness (QED) is 0.807. The Hall–Kier alpha value is -2.08. The lowest BCUT2D eigenvalue weighted by atomic mass is 9.88. The molecule has 1 saturated heterocycles. The van der Waals surface area contributed by atoms with E-state index >= 15 is 0 Å². The minimum absolute atomic E-state index is 0.0172. The first-order valence-corrected chi connectivity index (χ1v) is 10.3. The van der Waals surface area contributed by atoms with Crippen molar-refractivity contribution in [3.8, 4) is 0 Å². The summed E-state index contributed by atoms with van der Waals surface area (Å²) >= 11 is 1.32. The highest BCUT2D eigenvalue weighted by molar-refractivity contribution is 8.04. The van der Waals surface area contributed by atoms with E-state index in [9.17, 15) is 14.4 Å². The lowest BCUT2D eigenvalue weighted by molar-refractivity contribution is -0.131. The van der Waals surface area contributed by atoms with Gasteiger partial charge in [-0.05, 0) is 30.4 Å². The van der Waals surface area contributed by atoms with Gasteiger partial charge in [0, 0.05) is 11.5 Å². The van der Waals surface area contributed by atoms with Crippen LogP contribution in [0.15, 0.2) is 35.4 Å². The van der Waals surface area contributed by atoms with Crippen molar-refractivity contribution < 1.29 is 14.4 Å². The Balaban J connectivity index is 1.69. The molecule has 3 rings (SSSR count). The van der Waals surface area contributed by atoms with E-state index in [1.165, 1.54) is 28.3 Å². The number of nitrogens with zero attached hydrogens (tertiary/aromatic N) is 1. The molecule has 1 atom stereocenters. The predicted molar refractivity (Wildman–Crippen MR) is 107 cm³/mol. The van der Waals surface area contributed by atoms with E-state index in [1.54, 1.807) is 0 Å². The van der Waals surface area contributed by atoms with E-state index in [0.29, 0.717) is 5.03 Å². The van der Waals surface area contributed by atoms with Crippen LogP contribution in [0.4, 0.5) is 0 Å². The van der Waals surface area contributed by atoms with Crippen LogP contribution in [-0.2, 0) is 20.8 Å². The summed E-state index contributed by atoms with van der Waals surface area (Å²) in [5.41, 5.74) is 1.93. The number of allylic oxidation sites excluding steroid dienone is 1. The molecule has 0 saturated carbocycles. The largest absolute Gasteiger partial charge is 0.348 e. The van der Waals surface area contributed by atoms with Crippen molar-refractivity contribution in [3.63, 3.8) is 0 Å². The third kappa shape index (κ3) is 4.61. The Labute approximate surface area is 164 Å². The number of carbonyl (C=O) groups excluding carboxylic acids is 3. The number of fused-ring (bicyclic) bond motifs is 1. The van der Waals surface area contributed by atoms with Gasteiger partial charge in [-0.2, -0.15) is 0 Å². The lowest BCUT2D eigenvalue weighted by Gasteiger charge is -2.27. The van der Waals surface area contributed by atoms with Crippen LogP contribution in [0.1, 0.15) is 50.8 Å². The third-order valence-corrected chi connectivity index (χ3v) is 5.94. The lowest BCUT2D eigenvalue weighted by Crippen LogP contribution is -2.40. The number of amides is 2. The second kappa shape index (κ2) is 7.89. The van der Waals surface area contributed by atoms with Crippen LogP contribution in [0.5, 0.6) is 0 Å². The van der Waals surface area contributed by atoms with Crippen molar-refractivity contribution in [2.24, 2.45) is 5.41 Å². The monoisotopic (exact) mass is 386 g/mol. The molecule has 1 N–H and O–H groups in total. The number of nitrogens with one attached hydrogen (secondary N) is 1. The van der Waals surface area contributed by atoms with Crippen LogP contribution < -0.4 is 5.32 Å². The van der Waals surface area contributed by atoms with Gasteiger partial charge in [-0.25, -0.2) is 0 Å². The number of aryl methyl sites for hydroxylation is 1. The number of thioether (sulfide) groups is 1. The number of benzene rings is 1. The van der Waals surface area contributed by atoms with E-state index < -0.39 is 5.41 Å². The summed E-state index contributed by atoms with van der Waals surface area (Å²) in [4.78, 5) is 38.6. The molecule has 5 nitrogen and oxygen atoms in total. The molecule has 1 aliphatic heterocycles.